The number of nitrogens with zero attached hydrogens (tertiary/aromatic N) is 3. The Hall–Kier alpha value is -1.76. The van der Waals surface area contributed by atoms with Crippen molar-refractivity contribution >= 4 is 11.6 Å². The Morgan fingerprint density at radius 1 is 1.12 bits per heavy atom. The molecule has 0 saturated carbocycles. The Labute approximate surface area is 146 Å². The van der Waals surface area contributed by atoms with Gasteiger partial charge in [0.2, 0.25) is 5.91 Å². The SMILES string of the molecule is CC(=O)N1CCC[C@H](N2CCN(c3cccc(C(F)(F)F)c3)CC2)C1. The number of amides is 1. The largest absolute Gasteiger partial charge is 0.416 e. The number of likely N-dealkylation sites (tertiary alicyclic amines) is 1. The molecule has 2 heterocycles. The Bertz CT molecular complexity index is 612. The van der Waals surface area contributed by atoms with Gasteiger partial charge in [0, 0.05) is 57.9 Å². The van der Waals surface area contributed by atoms with Crippen molar-refractivity contribution < 1.29 is 18.0 Å². The normalized spacial score (nSPS) is 23.0. The lowest BCUT2D eigenvalue weighted by molar-refractivity contribution is -0.137. The molecule has 1 amide bonds. The third-order valence-corrected chi connectivity index (χ3v) is 5.21. The Morgan fingerprint density at radius 2 is 1.84 bits per heavy atom. The third kappa shape index (κ3) is 4.26. The zero-order valence-corrected chi connectivity index (χ0v) is 14.4. The zero-order chi connectivity index (χ0) is 18.0. The van der Waals surface area contributed by atoms with Gasteiger partial charge in [-0.1, -0.05) is 6.07 Å². The highest BCUT2D eigenvalue weighted by Crippen LogP contribution is 2.32. The van der Waals surface area contributed by atoms with E-state index in [2.05, 4.69) is 4.90 Å². The van der Waals surface area contributed by atoms with Crippen molar-refractivity contribution in [2.45, 2.75) is 32.0 Å². The van der Waals surface area contributed by atoms with Crippen molar-refractivity contribution in [3.05, 3.63) is 29.8 Å². The van der Waals surface area contributed by atoms with Crippen LogP contribution in [0.15, 0.2) is 24.3 Å². The van der Waals surface area contributed by atoms with Crippen molar-refractivity contribution in [2.75, 3.05) is 44.2 Å². The summed E-state index contributed by atoms with van der Waals surface area (Å²) in [5.41, 5.74) is 0.0280. The summed E-state index contributed by atoms with van der Waals surface area (Å²) < 4.78 is 38.6. The fraction of sp³-hybridized carbons (Fsp3) is 0.611. The lowest BCUT2D eigenvalue weighted by Crippen LogP contribution is -2.55. The second-order valence-corrected chi connectivity index (χ2v) is 6.83. The molecule has 0 unspecified atom stereocenters. The molecule has 1 atom stereocenters. The summed E-state index contributed by atoms with van der Waals surface area (Å²) in [6.45, 7) is 6.23. The summed E-state index contributed by atoms with van der Waals surface area (Å²) in [5.74, 6) is 0.118. The number of halogens is 3. The lowest BCUT2D eigenvalue weighted by Gasteiger charge is -2.43. The molecule has 4 nitrogen and oxygen atoms in total. The van der Waals surface area contributed by atoms with Crippen LogP contribution in [0.1, 0.15) is 25.3 Å². The van der Waals surface area contributed by atoms with E-state index in [4.69, 9.17) is 0 Å². The Balaban J connectivity index is 1.60. The van der Waals surface area contributed by atoms with Gasteiger partial charge < -0.3 is 9.80 Å². The van der Waals surface area contributed by atoms with Crippen LogP contribution in [-0.4, -0.2) is 61.0 Å². The van der Waals surface area contributed by atoms with Crippen LogP contribution in [0.25, 0.3) is 0 Å². The van der Waals surface area contributed by atoms with Crippen LogP contribution < -0.4 is 4.90 Å². The summed E-state index contributed by atoms with van der Waals surface area (Å²) in [6.07, 6.45) is -2.22. The molecular formula is C18H24F3N3O. The Kier molecular flexibility index (Phi) is 5.22. The number of rotatable bonds is 2. The maximum atomic E-state index is 12.9. The molecule has 25 heavy (non-hydrogen) atoms. The van der Waals surface area contributed by atoms with Gasteiger partial charge in [0.25, 0.3) is 0 Å². The molecular weight excluding hydrogens is 331 g/mol. The number of anilines is 1. The van der Waals surface area contributed by atoms with Gasteiger partial charge in [-0.05, 0) is 31.0 Å². The van der Waals surface area contributed by atoms with E-state index in [1.54, 1.807) is 13.0 Å². The predicted molar refractivity (Wildman–Crippen MR) is 90.5 cm³/mol. The van der Waals surface area contributed by atoms with Gasteiger partial charge in [0.1, 0.15) is 0 Å². The number of carbonyl (C=O) groups is 1. The van der Waals surface area contributed by atoms with Gasteiger partial charge in [-0.2, -0.15) is 13.2 Å². The number of hydrogen-bond acceptors (Lipinski definition) is 3. The molecule has 2 fully saturated rings. The van der Waals surface area contributed by atoms with E-state index >= 15 is 0 Å². The smallest absolute Gasteiger partial charge is 0.369 e. The quantitative estimate of drug-likeness (QED) is 0.816. The first-order chi connectivity index (χ1) is 11.8. The first-order valence-electron chi connectivity index (χ1n) is 8.76. The number of hydrogen-bond donors (Lipinski definition) is 0. The van der Waals surface area contributed by atoms with E-state index in [9.17, 15) is 18.0 Å². The van der Waals surface area contributed by atoms with Crippen molar-refractivity contribution in [3.8, 4) is 0 Å². The van der Waals surface area contributed by atoms with E-state index in [0.29, 0.717) is 24.8 Å². The van der Waals surface area contributed by atoms with Crippen LogP contribution in [0.3, 0.4) is 0 Å². The molecule has 1 aromatic rings. The highest BCUT2D eigenvalue weighted by Gasteiger charge is 2.32. The monoisotopic (exact) mass is 355 g/mol. The molecule has 1 aromatic carbocycles. The first kappa shape index (κ1) is 18.0. The third-order valence-electron chi connectivity index (χ3n) is 5.21. The fourth-order valence-corrected chi connectivity index (χ4v) is 3.76. The van der Waals surface area contributed by atoms with E-state index in [1.807, 2.05) is 9.80 Å². The molecule has 138 valence electrons. The highest BCUT2D eigenvalue weighted by molar-refractivity contribution is 5.73. The van der Waals surface area contributed by atoms with Gasteiger partial charge in [-0.15, -0.1) is 0 Å². The van der Waals surface area contributed by atoms with Crippen molar-refractivity contribution in [1.82, 2.24) is 9.80 Å². The molecule has 0 aromatic heterocycles. The average Bonchev–Trinajstić information content (AvgIpc) is 2.61. The van der Waals surface area contributed by atoms with Crippen molar-refractivity contribution in [1.29, 1.82) is 0 Å². The summed E-state index contributed by atoms with van der Waals surface area (Å²) in [4.78, 5) is 17.9. The molecule has 0 aliphatic carbocycles. The van der Waals surface area contributed by atoms with Crippen molar-refractivity contribution in [2.24, 2.45) is 0 Å². The van der Waals surface area contributed by atoms with Crippen molar-refractivity contribution in [3.63, 3.8) is 0 Å². The van der Waals surface area contributed by atoms with E-state index in [-0.39, 0.29) is 5.91 Å². The molecule has 2 aliphatic heterocycles. The number of benzene rings is 1. The van der Waals surface area contributed by atoms with E-state index in [1.165, 1.54) is 12.1 Å². The average molecular weight is 355 g/mol. The second-order valence-electron chi connectivity index (χ2n) is 6.83. The second kappa shape index (κ2) is 7.23. The van der Waals surface area contributed by atoms with Gasteiger partial charge in [0.15, 0.2) is 0 Å². The van der Waals surface area contributed by atoms with Gasteiger partial charge in [-0.3, -0.25) is 9.69 Å². The zero-order valence-electron chi connectivity index (χ0n) is 14.4. The van der Waals surface area contributed by atoms with Gasteiger partial charge in [-0.25, -0.2) is 0 Å². The minimum atomic E-state index is -4.31. The number of piperazine rings is 1. The van der Waals surface area contributed by atoms with Crippen LogP contribution in [0.5, 0.6) is 0 Å². The molecule has 2 aliphatic rings. The van der Waals surface area contributed by atoms with Crippen LogP contribution >= 0.6 is 0 Å². The standard InChI is InChI=1S/C18H24F3N3O/c1-14(25)24-7-3-6-17(13-24)23-10-8-22(9-11-23)16-5-2-4-15(12-16)18(19,20)21/h2,4-5,12,17H,3,6-11,13H2,1H3/t17-/m0/s1. The van der Waals surface area contributed by atoms with E-state index < -0.39 is 11.7 Å². The molecule has 7 heteroatoms. The molecule has 2 saturated heterocycles. The summed E-state index contributed by atoms with van der Waals surface area (Å²) in [7, 11) is 0. The molecule has 3 rings (SSSR count). The van der Waals surface area contributed by atoms with E-state index in [0.717, 1.165) is 45.1 Å². The minimum absolute atomic E-state index is 0.118. The summed E-state index contributed by atoms with van der Waals surface area (Å²) in [6, 6.07) is 5.91. The Morgan fingerprint density at radius 3 is 2.48 bits per heavy atom. The maximum absolute atomic E-state index is 12.9. The molecule has 0 spiro atoms. The molecule has 0 bridgehead atoms. The predicted octanol–water partition coefficient (Wildman–Crippen LogP) is 2.84. The fourth-order valence-electron chi connectivity index (χ4n) is 3.76. The number of piperidine rings is 1. The highest BCUT2D eigenvalue weighted by atomic mass is 19.4. The lowest BCUT2D eigenvalue weighted by atomic mass is 10.0. The number of carbonyl (C=O) groups excluding carboxylic acids is 1. The van der Waals surface area contributed by atoms with Crippen LogP contribution in [0.4, 0.5) is 18.9 Å². The number of alkyl halides is 3. The molecule has 0 N–H and O–H groups in total. The molecule has 0 radical (unpaired) electrons. The van der Waals surface area contributed by atoms with Crippen LogP contribution in [0, 0.1) is 0 Å². The van der Waals surface area contributed by atoms with Crippen LogP contribution in [-0.2, 0) is 11.0 Å². The summed E-state index contributed by atoms with van der Waals surface area (Å²) in [5, 5.41) is 0. The van der Waals surface area contributed by atoms with Gasteiger partial charge >= 0.3 is 6.18 Å². The first-order valence-corrected chi connectivity index (χ1v) is 8.76. The van der Waals surface area contributed by atoms with Gasteiger partial charge in [0.05, 0.1) is 5.56 Å². The maximum Gasteiger partial charge on any atom is 0.416 e. The minimum Gasteiger partial charge on any atom is -0.369 e. The topological polar surface area (TPSA) is 26.8 Å². The van der Waals surface area contributed by atoms with Crippen LogP contribution in [0.2, 0.25) is 0 Å². The summed E-state index contributed by atoms with van der Waals surface area (Å²) >= 11 is 0.